The maximum atomic E-state index is 12.3. The Morgan fingerprint density at radius 3 is 2.85 bits per heavy atom. The lowest BCUT2D eigenvalue weighted by Gasteiger charge is -2.36. The van der Waals surface area contributed by atoms with Gasteiger partial charge in [-0.05, 0) is 37.2 Å². The van der Waals surface area contributed by atoms with Crippen molar-refractivity contribution in [2.75, 3.05) is 7.11 Å². The van der Waals surface area contributed by atoms with E-state index < -0.39 is 0 Å². The number of carbonyl (C=O) groups is 1. The van der Waals surface area contributed by atoms with E-state index >= 15 is 0 Å². The summed E-state index contributed by atoms with van der Waals surface area (Å²) < 4.78 is 5.13. The second-order valence-corrected chi connectivity index (χ2v) is 6.18. The van der Waals surface area contributed by atoms with Gasteiger partial charge in [-0.2, -0.15) is 0 Å². The molecule has 0 N–H and O–H groups in total. The third-order valence-electron chi connectivity index (χ3n) is 5.02. The summed E-state index contributed by atoms with van der Waals surface area (Å²) in [4.78, 5) is 12.3. The fourth-order valence-electron chi connectivity index (χ4n) is 4.07. The lowest BCUT2D eigenvalue weighted by molar-refractivity contribution is -0.157. The van der Waals surface area contributed by atoms with Crippen LogP contribution in [0.3, 0.4) is 0 Å². The van der Waals surface area contributed by atoms with E-state index in [0.29, 0.717) is 5.92 Å². The molecule has 20 heavy (non-hydrogen) atoms. The number of carbonyl (C=O) groups excluding carboxylic acids is 1. The van der Waals surface area contributed by atoms with Crippen LogP contribution in [0.5, 0.6) is 0 Å². The molecule has 2 nitrogen and oxygen atoms in total. The van der Waals surface area contributed by atoms with Gasteiger partial charge in [-0.3, -0.25) is 4.79 Å². The Kier molecular flexibility index (Phi) is 3.64. The fraction of sp³-hybridized carbons (Fsp3) is 0.500. The van der Waals surface area contributed by atoms with E-state index in [-0.39, 0.29) is 11.4 Å². The van der Waals surface area contributed by atoms with Crippen LogP contribution in [0.4, 0.5) is 0 Å². The molecule has 1 aromatic rings. The summed E-state index contributed by atoms with van der Waals surface area (Å²) in [5, 5.41) is 0. The molecule has 2 aliphatic rings. The minimum atomic E-state index is -0.229. The second-order valence-electron chi connectivity index (χ2n) is 6.18. The van der Waals surface area contributed by atoms with Gasteiger partial charge in [0.1, 0.15) is 0 Å². The molecule has 0 bridgehead atoms. The number of hydrogen-bond donors (Lipinski definition) is 0. The van der Waals surface area contributed by atoms with E-state index in [2.05, 4.69) is 30.3 Å². The van der Waals surface area contributed by atoms with Crippen molar-refractivity contribution in [2.45, 2.75) is 38.5 Å². The Hall–Kier alpha value is -1.57. The molecule has 106 valence electrons. The number of methoxy groups -OCH3 is 1. The molecule has 0 aliphatic heterocycles. The molecule has 0 radical (unpaired) electrons. The number of rotatable bonds is 2. The largest absolute Gasteiger partial charge is 0.469 e. The quantitative estimate of drug-likeness (QED) is 0.752. The van der Waals surface area contributed by atoms with Crippen LogP contribution < -0.4 is 0 Å². The van der Waals surface area contributed by atoms with Gasteiger partial charge in [0.05, 0.1) is 12.5 Å². The molecule has 0 heterocycles. The van der Waals surface area contributed by atoms with Crippen molar-refractivity contribution >= 4 is 12.0 Å². The van der Waals surface area contributed by atoms with Crippen molar-refractivity contribution in [3.63, 3.8) is 0 Å². The molecular formula is C18H22O2. The van der Waals surface area contributed by atoms with Crippen LogP contribution in [0.25, 0.3) is 6.08 Å². The first-order chi connectivity index (χ1) is 9.74. The third kappa shape index (κ3) is 2.28. The summed E-state index contributed by atoms with van der Waals surface area (Å²) in [5.41, 5.74) is 2.42. The van der Waals surface area contributed by atoms with Crippen molar-refractivity contribution in [3.05, 3.63) is 41.5 Å². The standard InChI is InChI=1S/C18H22O2/c1-20-17(19)18-10-6-5-9-16(18)12-15(13-18)11-14-7-3-2-4-8-14/h2-4,7-8,11,16H,5-6,9-10,12-13H2,1H3/b15-11+/t16-,18+/m1/s1. The van der Waals surface area contributed by atoms with E-state index in [4.69, 9.17) is 4.74 Å². The highest BCUT2D eigenvalue weighted by atomic mass is 16.5. The molecule has 0 saturated heterocycles. The summed E-state index contributed by atoms with van der Waals surface area (Å²) in [7, 11) is 1.53. The Balaban J connectivity index is 1.88. The normalized spacial score (nSPS) is 31.1. The Labute approximate surface area is 120 Å². The lowest BCUT2D eigenvalue weighted by atomic mass is 9.68. The van der Waals surface area contributed by atoms with E-state index in [1.165, 1.54) is 31.1 Å². The zero-order valence-electron chi connectivity index (χ0n) is 12.1. The highest BCUT2D eigenvalue weighted by Gasteiger charge is 2.52. The summed E-state index contributed by atoms with van der Waals surface area (Å²) in [6.45, 7) is 0. The highest BCUT2D eigenvalue weighted by molar-refractivity contribution is 5.79. The number of fused-ring (bicyclic) bond motifs is 1. The van der Waals surface area contributed by atoms with Gasteiger partial charge < -0.3 is 4.74 Å². The summed E-state index contributed by atoms with van der Waals surface area (Å²) in [6, 6.07) is 10.4. The van der Waals surface area contributed by atoms with Crippen LogP contribution in [0.1, 0.15) is 44.1 Å². The Morgan fingerprint density at radius 1 is 1.30 bits per heavy atom. The summed E-state index contributed by atoms with van der Waals surface area (Å²) >= 11 is 0. The van der Waals surface area contributed by atoms with Gasteiger partial charge in [0.2, 0.25) is 0 Å². The minimum Gasteiger partial charge on any atom is -0.469 e. The number of benzene rings is 1. The second kappa shape index (κ2) is 5.43. The van der Waals surface area contributed by atoms with E-state index in [1.54, 1.807) is 0 Å². The van der Waals surface area contributed by atoms with Crippen LogP contribution in [-0.2, 0) is 9.53 Å². The van der Waals surface area contributed by atoms with Crippen LogP contribution in [0, 0.1) is 11.3 Å². The maximum absolute atomic E-state index is 12.3. The molecule has 2 aliphatic carbocycles. The minimum absolute atomic E-state index is 0.0126. The van der Waals surface area contributed by atoms with Crippen molar-refractivity contribution in [2.24, 2.45) is 11.3 Å². The Morgan fingerprint density at radius 2 is 2.10 bits per heavy atom. The first-order valence-corrected chi connectivity index (χ1v) is 7.57. The van der Waals surface area contributed by atoms with E-state index in [9.17, 15) is 4.79 Å². The predicted octanol–water partition coefficient (Wildman–Crippen LogP) is 4.21. The van der Waals surface area contributed by atoms with Crippen LogP contribution in [0.2, 0.25) is 0 Å². The monoisotopic (exact) mass is 270 g/mol. The average molecular weight is 270 g/mol. The molecule has 0 aromatic heterocycles. The van der Waals surface area contributed by atoms with Crippen molar-refractivity contribution in [1.82, 2.24) is 0 Å². The SMILES string of the molecule is COC(=O)[C@]12CCCC[C@@H]1C/C(=C\c1ccccc1)C2. The fourth-order valence-corrected chi connectivity index (χ4v) is 4.07. The zero-order valence-corrected chi connectivity index (χ0v) is 12.1. The van der Waals surface area contributed by atoms with Gasteiger partial charge in [0.15, 0.2) is 0 Å². The van der Waals surface area contributed by atoms with Gasteiger partial charge in [-0.15, -0.1) is 0 Å². The first kappa shape index (κ1) is 13.4. The van der Waals surface area contributed by atoms with E-state index in [1.807, 2.05) is 6.07 Å². The summed E-state index contributed by atoms with van der Waals surface area (Å²) in [6.07, 6.45) is 8.79. The van der Waals surface area contributed by atoms with Crippen molar-refractivity contribution in [3.8, 4) is 0 Å². The molecule has 3 rings (SSSR count). The van der Waals surface area contributed by atoms with Gasteiger partial charge in [-0.1, -0.05) is 54.8 Å². The highest BCUT2D eigenvalue weighted by Crippen LogP contribution is 2.55. The van der Waals surface area contributed by atoms with Gasteiger partial charge in [-0.25, -0.2) is 0 Å². The molecule has 0 amide bonds. The zero-order chi connectivity index (χ0) is 14.0. The Bertz CT molecular complexity index is 517. The number of allylic oxidation sites excluding steroid dienone is 1. The van der Waals surface area contributed by atoms with Crippen LogP contribution in [0.15, 0.2) is 35.9 Å². The molecule has 2 saturated carbocycles. The van der Waals surface area contributed by atoms with Crippen molar-refractivity contribution in [1.29, 1.82) is 0 Å². The molecule has 0 unspecified atom stereocenters. The topological polar surface area (TPSA) is 26.3 Å². The smallest absolute Gasteiger partial charge is 0.312 e. The van der Waals surface area contributed by atoms with Crippen LogP contribution >= 0.6 is 0 Å². The average Bonchev–Trinajstić information content (AvgIpc) is 2.86. The predicted molar refractivity (Wildman–Crippen MR) is 80.1 cm³/mol. The van der Waals surface area contributed by atoms with Gasteiger partial charge >= 0.3 is 5.97 Å². The summed E-state index contributed by atoms with van der Waals surface area (Å²) in [5.74, 6) is 0.498. The maximum Gasteiger partial charge on any atom is 0.312 e. The molecule has 2 heteroatoms. The first-order valence-electron chi connectivity index (χ1n) is 7.57. The van der Waals surface area contributed by atoms with Crippen molar-refractivity contribution < 1.29 is 9.53 Å². The lowest BCUT2D eigenvalue weighted by Crippen LogP contribution is -2.38. The number of ether oxygens (including phenoxy) is 1. The van der Waals surface area contributed by atoms with Gasteiger partial charge in [0.25, 0.3) is 0 Å². The van der Waals surface area contributed by atoms with Gasteiger partial charge in [0, 0.05) is 0 Å². The molecule has 0 spiro atoms. The van der Waals surface area contributed by atoms with E-state index in [0.717, 1.165) is 25.7 Å². The molecule has 1 aromatic carbocycles. The number of esters is 1. The molecule has 2 atom stereocenters. The molecular weight excluding hydrogens is 248 g/mol. The third-order valence-corrected chi connectivity index (χ3v) is 5.02. The van der Waals surface area contributed by atoms with Crippen LogP contribution in [-0.4, -0.2) is 13.1 Å². The molecule has 2 fully saturated rings. The number of hydrogen-bond acceptors (Lipinski definition) is 2.